The zero-order chi connectivity index (χ0) is 9.94. The third-order valence-corrected chi connectivity index (χ3v) is 1.86. The quantitative estimate of drug-likeness (QED) is 0.419. The summed E-state index contributed by atoms with van der Waals surface area (Å²) in [5.74, 6) is 0. The molecule has 0 aliphatic carbocycles. The summed E-state index contributed by atoms with van der Waals surface area (Å²) in [5, 5.41) is 2.96. The molecule has 0 fully saturated rings. The van der Waals surface area contributed by atoms with E-state index < -0.39 is 6.09 Å². The van der Waals surface area contributed by atoms with Crippen molar-refractivity contribution >= 4 is 18.2 Å². The smallest absolute Gasteiger partial charge is 0.418 e. The fourth-order valence-electron chi connectivity index (χ4n) is 0.593. The second-order valence-electron chi connectivity index (χ2n) is 2.30. The molecule has 0 aromatic rings. The van der Waals surface area contributed by atoms with Crippen LogP contribution in [0.2, 0.25) is 0 Å². The maximum atomic E-state index is 10.9. The Balaban J connectivity index is 3.11. The molecular formula is C7H17N3O2S. The first-order chi connectivity index (χ1) is 6.31. The third-order valence-electron chi connectivity index (χ3n) is 1.16. The number of ether oxygens (including phenoxy) is 1. The van der Waals surface area contributed by atoms with E-state index in [0.717, 1.165) is 31.6 Å². The van der Waals surface area contributed by atoms with Gasteiger partial charge in [-0.1, -0.05) is 6.92 Å². The van der Waals surface area contributed by atoms with Crippen molar-refractivity contribution in [3.05, 3.63) is 0 Å². The predicted molar refractivity (Wildman–Crippen MR) is 54.3 cm³/mol. The minimum Gasteiger partial charge on any atom is -0.449 e. The van der Waals surface area contributed by atoms with E-state index in [1.807, 2.05) is 14.0 Å². The molecule has 0 radical (unpaired) electrons. The fourth-order valence-corrected chi connectivity index (χ4v) is 0.952. The molecule has 0 rings (SSSR count). The first-order valence-electron chi connectivity index (χ1n) is 4.27. The van der Waals surface area contributed by atoms with E-state index in [9.17, 15) is 4.79 Å². The van der Waals surface area contributed by atoms with E-state index in [2.05, 4.69) is 14.8 Å². The molecule has 0 aliphatic rings. The summed E-state index contributed by atoms with van der Waals surface area (Å²) in [4.78, 5) is 10.9. The minimum atomic E-state index is -0.401. The van der Waals surface area contributed by atoms with Gasteiger partial charge in [0, 0.05) is 18.7 Å². The highest BCUT2D eigenvalue weighted by atomic mass is 32.2. The van der Waals surface area contributed by atoms with Crippen LogP contribution in [0.15, 0.2) is 0 Å². The predicted octanol–water partition coefficient (Wildman–Crippen LogP) is 0.495. The lowest BCUT2D eigenvalue weighted by Gasteiger charge is -2.05. The van der Waals surface area contributed by atoms with Crippen molar-refractivity contribution in [1.29, 1.82) is 0 Å². The normalized spacial score (nSPS) is 9.69. The lowest BCUT2D eigenvalue weighted by Crippen LogP contribution is -2.23. The molecular weight excluding hydrogens is 190 g/mol. The summed E-state index contributed by atoms with van der Waals surface area (Å²) in [6.45, 7) is 4.05. The summed E-state index contributed by atoms with van der Waals surface area (Å²) in [6.07, 6.45) is 0.428. The van der Waals surface area contributed by atoms with Crippen molar-refractivity contribution < 1.29 is 9.53 Å². The number of nitrogens with one attached hydrogen (secondary N) is 3. The Morgan fingerprint density at radius 1 is 1.54 bits per heavy atom. The highest BCUT2D eigenvalue weighted by Gasteiger charge is 1.99. The van der Waals surface area contributed by atoms with E-state index in [-0.39, 0.29) is 0 Å². The van der Waals surface area contributed by atoms with E-state index in [4.69, 9.17) is 4.74 Å². The van der Waals surface area contributed by atoms with Gasteiger partial charge in [0.15, 0.2) is 0 Å². The van der Waals surface area contributed by atoms with Crippen molar-refractivity contribution in [2.24, 2.45) is 0 Å². The average molecular weight is 207 g/mol. The van der Waals surface area contributed by atoms with Crippen LogP contribution in [0.3, 0.4) is 0 Å². The van der Waals surface area contributed by atoms with Gasteiger partial charge in [0.1, 0.15) is 0 Å². The van der Waals surface area contributed by atoms with Crippen molar-refractivity contribution in [2.45, 2.75) is 13.3 Å². The van der Waals surface area contributed by atoms with Crippen LogP contribution >= 0.6 is 12.1 Å². The highest BCUT2D eigenvalue weighted by molar-refractivity contribution is 7.96. The number of hydrogen-bond donors (Lipinski definition) is 3. The Bertz CT molecular complexity index is 135. The molecule has 5 nitrogen and oxygen atoms in total. The monoisotopic (exact) mass is 207 g/mol. The maximum absolute atomic E-state index is 10.9. The van der Waals surface area contributed by atoms with E-state index in [1.54, 1.807) is 0 Å². The molecule has 0 spiro atoms. The Kier molecular flexibility index (Phi) is 9.29. The van der Waals surface area contributed by atoms with E-state index in [0.29, 0.717) is 6.61 Å². The summed E-state index contributed by atoms with van der Waals surface area (Å²) < 4.78 is 10.2. The number of carbonyl (C=O) groups is 1. The molecule has 0 heterocycles. The average Bonchev–Trinajstić information content (AvgIpc) is 2.13. The minimum absolute atomic E-state index is 0.401. The van der Waals surface area contributed by atoms with Gasteiger partial charge in [-0.05, 0) is 20.0 Å². The lowest BCUT2D eigenvalue weighted by molar-refractivity contribution is 0.152. The molecule has 6 heteroatoms. The SMILES string of the molecule is CCNSNC(=O)OCCCNC. The van der Waals surface area contributed by atoms with Gasteiger partial charge >= 0.3 is 6.09 Å². The first-order valence-corrected chi connectivity index (χ1v) is 5.09. The Labute approximate surface area is 83.2 Å². The molecule has 0 aliphatic heterocycles. The van der Waals surface area contributed by atoms with Gasteiger partial charge in [-0.2, -0.15) is 0 Å². The summed E-state index contributed by atoms with van der Waals surface area (Å²) in [7, 11) is 1.86. The van der Waals surface area contributed by atoms with Crippen LogP contribution in [-0.2, 0) is 4.74 Å². The number of carbonyl (C=O) groups excluding carboxylic acids is 1. The van der Waals surface area contributed by atoms with Gasteiger partial charge in [-0.25, -0.2) is 9.52 Å². The Morgan fingerprint density at radius 3 is 2.92 bits per heavy atom. The molecule has 1 amide bonds. The molecule has 0 bridgehead atoms. The fraction of sp³-hybridized carbons (Fsp3) is 0.857. The van der Waals surface area contributed by atoms with Crippen molar-refractivity contribution in [2.75, 3.05) is 26.7 Å². The molecule has 78 valence electrons. The molecule has 0 saturated carbocycles. The second-order valence-corrected chi connectivity index (χ2v) is 2.99. The van der Waals surface area contributed by atoms with Crippen LogP contribution in [0.1, 0.15) is 13.3 Å². The molecule has 13 heavy (non-hydrogen) atoms. The zero-order valence-corrected chi connectivity index (χ0v) is 8.87. The molecule has 0 unspecified atom stereocenters. The summed E-state index contributed by atoms with van der Waals surface area (Å²) in [6, 6.07) is 0. The second kappa shape index (κ2) is 9.63. The topological polar surface area (TPSA) is 62.4 Å². The van der Waals surface area contributed by atoms with Crippen molar-refractivity contribution in [3.8, 4) is 0 Å². The maximum Gasteiger partial charge on any atom is 0.418 e. The molecule has 0 saturated heterocycles. The molecule has 0 atom stereocenters. The van der Waals surface area contributed by atoms with Crippen LogP contribution in [0.4, 0.5) is 4.79 Å². The number of hydrogen-bond acceptors (Lipinski definition) is 5. The van der Waals surface area contributed by atoms with Crippen LogP contribution in [0.25, 0.3) is 0 Å². The molecule has 3 N–H and O–H groups in total. The van der Waals surface area contributed by atoms with E-state index >= 15 is 0 Å². The van der Waals surface area contributed by atoms with Gasteiger partial charge in [-0.15, -0.1) is 0 Å². The van der Waals surface area contributed by atoms with Gasteiger partial charge in [0.2, 0.25) is 0 Å². The van der Waals surface area contributed by atoms with Crippen LogP contribution in [0, 0.1) is 0 Å². The van der Waals surface area contributed by atoms with Crippen LogP contribution in [0.5, 0.6) is 0 Å². The summed E-state index contributed by atoms with van der Waals surface area (Å²) >= 11 is 1.13. The lowest BCUT2D eigenvalue weighted by atomic mass is 10.5. The largest absolute Gasteiger partial charge is 0.449 e. The van der Waals surface area contributed by atoms with Crippen molar-refractivity contribution in [3.63, 3.8) is 0 Å². The van der Waals surface area contributed by atoms with E-state index in [1.165, 1.54) is 0 Å². The van der Waals surface area contributed by atoms with Crippen molar-refractivity contribution in [1.82, 2.24) is 14.8 Å². The van der Waals surface area contributed by atoms with Crippen LogP contribution < -0.4 is 14.8 Å². The van der Waals surface area contributed by atoms with Gasteiger partial charge in [-0.3, -0.25) is 4.72 Å². The summed E-state index contributed by atoms with van der Waals surface area (Å²) in [5.41, 5.74) is 0. The van der Waals surface area contributed by atoms with Gasteiger partial charge in [0.25, 0.3) is 0 Å². The Morgan fingerprint density at radius 2 is 2.31 bits per heavy atom. The Hall–Kier alpha value is -0.460. The van der Waals surface area contributed by atoms with Gasteiger partial charge in [0.05, 0.1) is 6.61 Å². The number of rotatable bonds is 7. The highest BCUT2D eigenvalue weighted by Crippen LogP contribution is 1.88. The first kappa shape index (κ1) is 12.5. The number of amides is 1. The van der Waals surface area contributed by atoms with Gasteiger partial charge < -0.3 is 10.1 Å². The molecule has 0 aromatic heterocycles. The third kappa shape index (κ3) is 9.45. The standard InChI is InChI=1S/C7H17N3O2S/c1-3-9-13-10-7(11)12-6-4-5-8-2/h8-9H,3-6H2,1-2H3,(H,10,11). The molecule has 0 aromatic carbocycles. The zero-order valence-electron chi connectivity index (χ0n) is 8.05. The van der Waals surface area contributed by atoms with Crippen LogP contribution in [-0.4, -0.2) is 32.8 Å².